The summed E-state index contributed by atoms with van der Waals surface area (Å²) in [4.78, 5) is 17.2. The molecule has 0 atom stereocenters. The van der Waals surface area contributed by atoms with Crippen LogP contribution in [-0.4, -0.2) is 37.6 Å². The van der Waals surface area contributed by atoms with Gasteiger partial charge in [-0.2, -0.15) is 10.1 Å². The van der Waals surface area contributed by atoms with Gasteiger partial charge in [-0.1, -0.05) is 0 Å². The van der Waals surface area contributed by atoms with Crippen molar-refractivity contribution in [3.05, 3.63) is 47.0 Å². The van der Waals surface area contributed by atoms with Crippen molar-refractivity contribution in [2.45, 2.75) is 26.4 Å². The summed E-state index contributed by atoms with van der Waals surface area (Å²) in [5, 5.41) is 5.81. The minimum absolute atomic E-state index is 0.0909. The van der Waals surface area contributed by atoms with Crippen molar-refractivity contribution >= 4 is 21.9 Å². The van der Waals surface area contributed by atoms with Crippen LogP contribution in [-0.2, 0) is 18.3 Å². The zero-order valence-electron chi connectivity index (χ0n) is 16.4. The Balaban J connectivity index is 1.72. The number of hydrogen-bond acceptors (Lipinski definition) is 5. The fourth-order valence-corrected chi connectivity index (χ4v) is 3.25. The molecule has 0 radical (unpaired) electrons. The van der Waals surface area contributed by atoms with Gasteiger partial charge in [-0.15, -0.1) is 0 Å². The predicted molar refractivity (Wildman–Crippen MR) is 107 cm³/mol. The third-order valence-corrected chi connectivity index (χ3v) is 4.77. The summed E-state index contributed by atoms with van der Waals surface area (Å²) in [5.41, 5.74) is 1.44. The Hall–Kier alpha value is -3.13. The molecule has 4 aromatic rings. The van der Waals surface area contributed by atoms with E-state index in [-0.39, 0.29) is 17.6 Å². The number of fused-ring (bicyclic) bond motifs is 2. The van der Waals surface area contributed by atoms with Crippen molar-refractivity contribution in [1.29, 1.82) is 0 Å². The highest BCUT2D eigenvalue weighted by Gasteiger charge is 2.16. The molecule has 0 amide bonds. The average molecular weight is 381 g/mol. The van der Waals surface area contributed by atoms with E-state index in [9.17, 15) is 4.79 Å². The van der Waals surface area contributed by atoms with E-state index in [1.165, 1.54) is 4.57 Å². The largest absolute Gasteiger partial charge is 0.425 e. The topological polar surface area (TPSA) is 76.1 Å². The van der Waals surface area contributed by atoms with Gasteiger partial charge in [0.1, 0.15) is 11.1 Å². The van der Waals surface area contributed by atoms with Gasteiger partial charge in [-0.25, -0.2) is 4.68 Å². The summed E-state index contributed by atoms with van der Waals surface area (Å²) >= 11 is 0. The van der Waals surface area contributed by atoms with Crippen molar-refractivity contribution in [2.75, 3.05) is 13.7 Å². The maximum atomic E-state index is 12.7. The highest BCUT2D eigenvalue weighted by molar-refractivity contribution is 5.81. The zero-order valence-corrected chi connectivity index (χ0v) is 16.4. The normalized spacial score (nSPS) is 11.8. The van der Waals surface area contributed by atoms with Crippen molar-refractivity contribution in [3.63, 3.8) is 0 Å². The third-order valence-electron chi connectivity index (χ3n) is 4.77. The first-order valence-corrected chi connectivity index (χ1v) is 9.19. The highest BCUT2D eigenvalue weighted by Crippen LogP contribution is 2.26. The average Bonchev–Trinajstić information content (AvgIpc) is 3.28. The van der Waals surface area contributed by atoms with Gasteiger partial charge in [-0.05, 0) is 38.1 Å². The summed E-state index contributed by atoms with van der Waals surface area (Å²) in [6.45, 7) is 5.42. The zero-order chi connectivity index (χ0) is 19.8. The molecule has 8 nitrogen and oxygen atoms in total. The number of benzene rings is 1. The second kappa shape index (κ2) is 7.12. The maximum absolute atomic E-state index is 12.7. The first-order valence-electron chi connectivity index (χ1n) is 9.19. The van der Waals surface area contributed by atoms with Gasteiger partial charge < -0.3 is 14.0 Å². The minimum atomic E-state index is -0.182. The molecule has 146 valence electrons. The summed E-state index contributed by atoms with van der Waals surface area (Å²) < 4.78 is 16.4. The van der Waals surface area contributed by atoms with Crippen LogP contribution in [0.3, 0.4) is 0 Å². The Morgan fingerprint density at radius 2 is 2.04 bits per heavy atom. The molecule has 0 N–H and O–H groups in total. The lowest BCUT2D eigenvalue weighted by atomic mass is 10.2. The second-order valence-electron chi connectivity index (χ2n) is 7.00. The fraction of sp³-hybridized carbons (Fsp3) is 0.350. The number of aromatic nitrogens is 5. The Bertz CT molecular complexity index is 1200. The predicted octanol–water partition coefficient (Wildman–Crippen LogP) is 3.10. The minimum Gasteiger partial charge on any atom is -0.425 e. The molecule has 0 saturated heterocycles. The van der Waals surface area contributed by atoms with Crippen molar-refractivity contribution in [1.82, 2.24) is 23.9 Å². The van der Waals surface area contributed by atoms with Crippen LogP contribution >= 0.6 is 0 Å². The van der Waals surface area contributed by atoms with Gasteiger partial charge in [-0.3, -0.25) is 9.36 Å². The van der Waals surface area contributed by atoms with Crippen LogP contribution < -0.4 is 10.3 Å². The monoisotopic (exact) mass is 381 g/mol. The molecule has 0 aliphatic rings. The number of ether oxygens (including phenoxy) is 2. The van der Waals surface area contributed by atoms with E-state index in [2.05, 4.69) is 14.6 Å². The van der Waals surface area contributed by atoms with Crippen molar-refractivity contribution < 1.29 is 9.47 Å². The summed E-state index contributed by atoms with van der Waals surface area (Å²) in [5.74, 6) is 0.620. The smallest absolute Gasteiger partial charge is 0.306 e. The van der Waals surface area contributed by atoms with Crippen LogP contribution in [0.2, 0.25) is 0 Å². The van der Waals surface area contributed by atoms with Crippen LogP contribution in [0.4, 0.5) is 0 Å². The molecule has 0 aliphatic carbocycles. The van der Waals surface area contributed by atoms with Crippen LogP contribution in [0.5, 0.6) is 11.8 Å². The van der Waals surface area contributed by atoms with Gasteiger partial charge in [0.15, 0.2) is 5.65 Å². The SMILES string of the molecule is COCCn1ccc2cc(Oc3nc4c(cnn4C(C)C)c(=O)n3C)ccc21. The number of rotatable bonds is 6. The van der Waals surface area contributed by atoms with Gasteiger partial charge in [0.05, 0.1) is 12.8 Å². The third kappa shape index (κ3) is 3.05. The second-order valence-corrected chi connectivity index (χ2v) is 7.00. The molecule has 3 aromatic heterocycles. The molecule has 0 saturated carbocycles. The highest BCUT2D eigenvalue weighted by atomic mass is 16.5. The molecule has 0 unspecified atom stereocenters. The molecule has 0 aliphatic heterocycles. The van der Waals surface area contributed by atoms with E-state index in [0.717, 1.165) is 17.4 Å². The lowest BCUT2D eigenvalue weighted by Gasteiger charge is -2.11. The molecule has 0 fully saturated rings. The van der Waals surface area contributed by atoms with Crippen LogP contribution in [0.25, 0.3) is 21.9 Å². The van der Waals surface area contributed by atoms with E-state index in [0.29, 0.717) is 23.4 Å². The molecule has 0 bridgehead atoms. The standard InChI is InChI=1S/C20H23N5O3/c1-13(2)25-18-16(12-21-25)19(26)23(3)20(22-18)28-15-5-6-17-14(11-15)7-8-24(17)9-10-27-4/h5-8,11-13H,9-10H2,1-4H3. The molecular weight excluding hydrogens is 358 g/mol. The lowest BCUT2D eigenvalue weighted by Crippen LogP contribution is -2.20. The van der Waals surface area contributed by atoms with Gasteiger partial charge >= 0.3 is 6.01 Å². The van der Waals surface area contributed by atoms with Crippen LogP contribution in [0.15, 0.2) is 41.5 Å². The van der Waals surface area contributed by atoms with E-state index in [4.69, 9.17) is 9.47 Å². The van der Waals surface area contributed by atoms with Gasteiger partial charge in [0.2, 0.25) is 0 Å². The Kier molecular flexibility index (Phi) is 4.64. The van der Waals surface area contributed by atoms with Crippen molar-refractivity contribution in [3.8, 4) is 11.8 Å². The quantitative estimate of drug-likeness (QED) is 0.513. The first-order chi connectivity index (χ1) is 13.5. The van der Waals surface area contributed by atoms with E-state index >= 15 is 0 Å². The van der Waals surface area contributed by atoms with E-state index < -0.39 is 0 Å². The summed E-state index contributed by atoms with van der Waals surface area (Å²) in [6, 6.07) is 8.17. The molecule has 3 heterocycles. The molecule has 8 heteroatoms. The van der Waals surface area contributed by atoms with Crippen molar-refractivity contribution in [2.24, 2.45) is 7.05 Å². The number of nitrogens with zero attached hydrogens (tertiary/aromatic N) is 5. The number of hydrogen-bond donors (Lipinski definition) is 0. The summed E-state index contributed by atoms with van der Waals surface area (Å²) in [7, 11) is 3.34. The van der Waals surface area contributed by atoms with Gasteiger partial charge in [0.25, 0.3) is 5.56 Å². The lowest BCUT2D eigenvalue weighted by molar-refractivity contribution is 0.188. The van der Waals surface area contributed by atoms with Gasteiger partial charge in [0, 0.05) is 43.8 Å². The molecular formula is C20H23N5O3. The molecule has 4 rings (SSSR count). The Morgan fingerprint density at radius 1 is 1.21 bits per heavy atom. The Morgan fingerprint density at radius 3 is 2.79 bits per heavy atom. The molecule has 0 spiro atoms. The fourth-order valence-electron chi connectivity index (χ4n) is 3.25. The van der Waals surface area contributed by atoms with E-state index in [1.54, 1.807) is 25.0 Å². The summed E-state index contributed by atoms with van der Waals surface area (Å²) in [6.07, 6.45) is 3.58. The first kappa shape index (κ1) is 18.2. The van der Waals surface area contributed by atoms with E-state index in [1.807, 2.05) is 44.3 Å². The molecule has 28 heavy (non-hydrogen) atoms. The van der Waals surface area contributed by atoms with Crippen LogP contribution in [0.1, 0.15) is 19.9 Å². The number of methoxy groups -OCH3 is 1. The Labute approximate surface area is 161 Å². The maximum Gasteiger partial charge on any atom is 0.306 e. The molecule has 1 aromatic carbocycles. The van der Waals surface area contributed by atoms with Crippen LogP contribution in [0, 0.1) is 0 Å².